The number of hydrogen-bond acceptors (Lipinski definition) is 7. The van der Waals surface area contributed by atoms with Gasteiger partial charge in [0.15, 0.2) is 6.61 Å². The molecule has 2 aromatic heterocycles. The van der Waals surface area contributed by atoms with Crippen molar-refractivity contribution in [1.82, 2.24) is 0 Å². The first kappa shape index (κ1) is 21.1. The number of carbonyl (C=O) groups excluding carboxylic acids is 3. The number of anilines is 1. The highest BCUT2D eigenvalue weighted by Crippen LogP contribution is 2.31. The van der Waals surface area contributed by atoms with Crippen molar-refractivity contribution in [2.45, 2.75) is 34.1 Å². The van der Waals surface area contributed by atoms with Gasteiger partial charge in [0.05, 0.1) is 12.2 Å². The highest BCUT2D eigenvalue weighted by atomic mass is 32.1. The van der Waals surface area contributed by atoms with E-state index in [1.54, 1.807) is 13.0 Å². The Balaban J connectivity index is 2.04. The zero-order chi connectivity index (χ0) is 20.0. The van der Waals surface area contributed by atoms with Gasteiger partial charge < -0.3 is 14.8 Å². The number of hydrogen-bond donors (Lipinski definition) is 1. The van der Waals surface area contributed by atoms with Gasteiger partial charge >= 0.3 is 11.9 Å². The van der Waals surface area contributed by atoms with Crippen molar-refractivity contribution in [1.29, 1.82) is 0 Å². The molecule has 27 heavy (non-hydrogen) atoms. The van der Waals surface area contributed by atoms with Gasteiger partial charge in [-0.3, -0.25) is 4.79 Å². The molecule has 0 spiro atoms. The van der Waals surface area contributed by atoms with E-state index < -0.39 is 24.5 Å². The number of aryl methyl sites for hydroxylation is 1. The number of amides is 1. The monoisotopic (exact) mass is 409 g/mol. The molecule has 0 aliphatic carbocycles. The number of esters is 2. The second kappa shape index (κ2) is 9.66. The molecule has 0 bridgehead atoms. The van der Waals surface area contributed by atoms with Crippen molar-refractivity contribution in [3.05, 3.63) is 38.4 Å². The van der Waals surface area contributed by atoms with Crippen molar-refractivity contribution >= 4 is 45.5 Å². The van der Waals surface area contributed by atoms with Crippen LogP contribution < -0.4 is 5.32 Å². The van der Waals surface area contributed by atoms with E-state index in [-0.39, 0.29) is 6.61 Å². The summed E-state index contributed by atoms with van der Waals surface area (Å²) in [6.45, 7) is 7.55. The molecule has 6 nitrogen and oxygen atoms in total. The summed E-state index contributed by atoms with van der Waals surface area (Å²) in [5.41, 5.74) is 1.22. The van der Waals surface area contributed by atoms with Gasteiger partial charge in [-0.2, -0.15) is 0 Å². The topological polar surface area (TPSA) is 81.7 Å². The fraction of sp³-hybridized carbons (Fsp3) is 0.421. The van der Waals surface area contributed by atoms with Crippen LogP contribution in [-0.4, -0.2) is 31.1 Å². The Kier molecular flexibility index (Phi) is 7.55. The van der Waals surface area contributed by atoms with Crippen LogP contribution in [0, 0.1) is 12.8 Å². The Morgan fingerprint density at radius 3 is 2.48 bits per heavy atom. The quantitative estimate of drug-likeness (QED) is 0.658. The van der Waals surface area contributed by atoms with E-state index in [2.05, 4.69) is 19.2 Å². The minimum Gasteiger partial charge on any atom is -0.462 e. The normalized spacial score (nSPS) is 10.7. The molecule has 2 heterocycles. The Hall–Kier alpha value is -2.19. The van der Waals surface area contributed by atoms with Gasteiger partial charge in [0.2, 0.25) is 0 Å². The molecule has 0 aliphatic heterocycles. The maximum absolute atomic E-state index is 12.3. The van der Waals surface area contributed by atoms with Crippen molar-refractivity contribution in [3.8, 4) is 0 Å². The molecule has 2 rings (SSSR count). The third-order valence-electron chi connectivity index (χ3n) is 3.50. The predicted octanol–water partition coefficient (Wildman–Crippen LogP) is 4.29. The summed E-state index contributed by atoms with van der Waals surface area (Å²) in [5.74, 6) is -1.15. The van der Waals surface area contributed by atoms with Crippen LogP contribution in [0.15, 0.2) is 17.5 Å². The average Bonchev–Trinajstić information content (AvgIpc) is 3.19. The van der Waals surface area contributed by atoms with Crippen LogP contribution in [0.1, 0.15) is 51.2 Å². The summed E-state index contributed by atoms with van der Waals surface area (Å²) in [4.78, 5) is 37.9. The lowest BCUT2D eigenvalue weighted by Gasteiger charge is -2.10. The summed E-state index contributed by atoms with van der Waals surface area (Å²) in [7, 11) is 0. The standard InChI is InChI=1S/C19H23NO5S2/c1-5-24-19(23)16-13(8-11(2)3)10-26-17(16)20-15(21)9-25-18(22)14-7-6-12(4)27-14/h6-7,10-11H,5,8-9H2,1-4H3,(H,20,21). The maximum atomic E-state index is 12.3. The van der Waals surface area contributed by atoms with Crippen LogP contribution in [0.3, 0.4) is 0 Å². The summed E-state index contributed by atoms with van der Waals surface area (Å²) < 4.78 is 10.2. The Labute approximate surface area is 166 Å². The first-order chi connectivity index (χ1) is 12.8. The molecule has 0 saturated heterocycles. The molecule has 146 valence electrons. The van der Waals surface area contributed by atoms with E-state index in [1.165, 1.54) is 22.7 Å². The van der Waals surface area contributed by atoms with E-state index >= 15 is 0 Å². The minimum atomic E-state index is -0.541. The van der Waals surface area contributed by atoms with Crippen LogP contribution in [0.2, 0.25) is 0 Å². The Bertz CT molecular complexity index is 822. The first-order valence-electron chi connectivity index (χ1n) is 8.62. The predicted molar refractivity (Wildman–Crippen MR) is 107 cm³/mol. The van der Waals surface area contributed by atoms with Crippen molar-refractivity contribution in [2.24, 2.45) is 5.92 Å². The van der Waals surface area contributed by atoms with Crippen LogP contribution in [0.4, 0.5) is 5.00 Å². The summed E-state index contributed by atoms with van der Waals surface area (Å²) in [6, 6.07) is 3.48. The van der Waals surface area contributed by atoms with Crippen LogP contribution in [0.5, 0.6) is 0 Å². The molecule has 0 aliphatic rings. The largest absolute Gasteiger partial charge is 0.462 e. The fourth-order valence-electron chi connectivity index (χ4n) is 2.41. The molecular weight excluding hydrogens is 386 g/mol. The van der Waals surface area contributed by atoms with Crippen molar-refractivity contribution in [3.63, 3.8) is 0 Å². The maximum Gasteiger partial charge on any atom is 0.348 e. The van der Waals surface area contributed by atoms with Crippen molar-refractivity contribution < 1.29 is 23.9 Å². The second-order valence-electron chi connectivity index (χ2n) is 6.32. The summed E-state index contributed by atoms with van der Waals surface area (Å²) >= 11 is 2.57. The summed E-state index contributed by atoms with van der Waals surface area (Å²) in [5, 5.41) is 4.92. The third kappa shape index (κ3) is 5.90. The molecule has 0 saturated carbocycles. The lowest BCUT2D eigenvalue weighted by Crippen LogP contribution is -2.21. The van der Waals surface area contributed by atoms with E-state index in [0.29, 0.717) is 27.8 Å². The van der Waals surface area contributed by atoms with Gasteiger partial charge in [-0.15, -0.1) is 22.7 Å². The van der Waals surface area contributed by atoms with E-state index in [4.69, 9.17) is 9.47 Å². The molecule has 0 aromatic carbocycles. The number of nitrogens with one attached hydrogen (secondary N) is 1. The van der Waals surface area contributed by atoms with Gasteiger partial charge in [-0.25, -0.2) is 9.59 Å². The van der Waals surface area contributed by atoms with Gasteiger partial charge in [0.25, 0.3) is 5.91 Å². The summed E-state index contributed by atoms with van der Waals surface area (Å²) in [6.07, 6.45) is 0.702. The molecule has 1 N–H and O–H groups in total. The van der Waals surface area contributed by atoms with E-state index in [0.717, 1.165) is 10.4 Å². The molecule has 0 atom stereocenters. The molecule has 0 fully saturated rings. The Morgan fingerprint density at radius 2 is 1.89 bits per heavy atom. The zero-order valence-corrected chi connectivity index (χ0v) is 17.4. The van der Waals surface area contributed by atoms with Crippen LogP contribution in [0.25, 0.3) is 0 Å². The lowest BCUT2D eigenvalue weighted by atomic mass is 10.0. The minimum absolute atomic E-state index is 0.251. The second-order valence-corrected chi connectivity index (χ2v) is 8.49. The third-order valence-corrected chi connectivity index (χ3v) is 5.43. The Morgan fingerprint density at radius 1 is 1.15 bits per heavy atom. The van der Waals surface area contributed by atoms with Crippen molar-refractivity contribution in [2.75, 3.05) is 18.5 Å². The lowest BCUT2D eigenvalue weighted by molar-refractivity contribution is -0.119. The van der Waals surface area contributed by atoms with E-state index in [9.17, 15) is 14.4 Å². The van der Waals surface area contributed by atoms with Crippen LogP contribution in [-0.2, 0) is 20.7 Å². The van der Waals surface area contributed by atoms with Gasteiger partial charge in [0.1, 0.15) is 9.88 Å². The zero-order valence-electron chi connectivity index (χ0n) is 15.8. The SMILES string of the molecule is CCOC(=O)c1c(CC(C)C)csc1NC(=O)COC(=O)c1ccc(C)s1. The van der Waals surface area contributed by atoms with E-state index in [1.807, 2.05) is 18.4 Å². The highest BCUT2D eigenvalue weighted by molar-refractivity contribution is 7.15. The number of thiophene rings is 2. The number of ether oxygens (including phenoxy) is 2. The number of carbonyl (C=O) groups is 3. The number of rotatable bonds is 8. The molecule has 0 radical (unpaired) electrons. The average molecular weight is 410 g/mol. The fourth-order valence-corrected chi connectivity index (χ4v) is 4.15. The van der Waals surface area contributed by atoms with Gasteiger partial charge in [-0.05, 0) is 49.3 Å². The highest BCUT2D eigenvalue weighted by Gasteiger charge is 2.22. The van der Waals surface area contributed by atoms with Crippen LogP contribution >= 0.6 is 22.7 Å². The first-order valence-corrected chi connectivity index (χ1v) is 10.3. The van der Waals surface area contributed by atoms with Gasteiger partial charge in [0, 0.05) is 4.88 Å². The molecule has 8 heteroatoms. The molecule has 1 amide bonds. The van der Waals surface area contributed by atoms with Gasteiger partial charge in [-0.1, -0.05) is 13.8 Å². The molecule has 0 unspecified atom stereocenters. The smallest absolute Gasteiger partial charge is 0.348 e. The molecule has 2 aromatic rings. The molecular formula is C19H23NO5S2.